The zero-order valence-electron chi connectivity index (χ0n) is 9.18. The molecule has 0 spiro atoms. The second-order valence-corrected chi connectivity index (χ2v) is 4.60. The number of aromatic hydroxyl groups is 1. The van der Waals surface area contributed by atoms with Crippen molar-refractivity contribution in [1.82, 2.24) is 0 Å². The summed E-state index contributed by atoms with van der Waals surface area (Å²) in [6, 6.07) is 1.27. The van der Waals surface area contributed by atoms with E-state index in [-0.39, 0.29) is 10.0 Å². The van der Waals surface area contributed by atoms with Gasteiger partial charge >= 0.3 is 6.18 Å². The fourth-order valence-corrected chi connectivity index (χ4v) is 2.01. The summed E-state index contributed by atoms with van der Waals surface area (Å²) in [5.74, 6) is -0.430. The van der Waals surface area contributed by atoms with Gasteiger partial charge in [0.2, 0.25) is 0 Å². The minimum Gasteiger partial charge on any atom is -0.506 e. The van der Waals surface area contributed by atoms with Gasteiger partial charge in [0.1, 0.15) is 5.75 Å². The van der Waals surface area contributed by atoms with E-state index in [0.717, 1.165) is 6.07 Å². The van der Waals surface area contributed by atoms with Crippen LogP contribution in [0.4, 0.5) is 13.2 Å². The number of benzene rings is 1. The van der Waals surface area contributed by atoms with E-state index in [1.807, 2.05) is 6.92 Å². The van der Waals surface area contributed by atoms with Crippen molar-refractivity contribution < 1.29 is 18.3 Å². The van der Waals surface area contributed by atoms with Gasteiger partial charge < -0.3 is 10.8 Å². The molecule has 0 unspecified atom stereocenters. The van der Waals surface area contributed by atoms with Crippen molar-refractivity contribution in [3.8, 4) is 5.75 Å². The van der Waals surface area contributed by atoms with Crippen LogP contribution in [-0.2, 0) is 6.18 Å². The van der Waals surface area contributed by atoms with Crippen LogP contribution in [0.1, 0.15) is 36.9 Å². The first-order valence-corrected chi connectivity index (χ1v) is 5.92. The number of hydrogen-bond donors (Lipinski definition) is 2. The number of hydrogen-bond acceptors (Lipinski definition) is 2. The molecule has 0 fully saturated rings. The van der Waals surface area contributed by atoms with Gasteiger partial charge in [-0.05, 0) is 34.5 Å². The Hall–Kier alpha value is -0.750. The average Bonchev–Trinajstić information content (AvgIpc) is 2.20. The second kappa shape index (κ2) is 5.27. The summed E-state index contributed by atoms with van der Waals surface area (Å²) in [5, 5.41) is 9.71. The molecule has 0 amide bonds. The zero-order valence-corrected chi connectivity index (χ0v) is 10.8. The van der Waals surface area contributed by atoms with Crippen molar-refractivity contribution in [2.75, 3.05) is 0 Å². The van der Waals surface area contributed by atoms with Gasteiger partial charge in [-0.1, -0.05) is 13.3 Å². The third-order valence-corrected chi connectivity index (χ3v) is 3.08. The molecule has 0 aliphatic heterocycles. The maximum atomic E-state index is 12.8. The molecular weight excluding hydrogens is 299 g/mol. The lowest BCUT2D eigenvalue weighted by Gasteiger charge is -2.20. The van der Waals surface area contributed by atoms with Gasteiger partial charge in [-0.3, -0.25) is 0 Å². The summed E-state index contributed by atoms with van der Waals surface area (Å²) in [4.78, 5) is 0. The Morgan fingerprint density at radius 2 is 2.00 bits per heavy atom. The normalized spacial score (nSPS) is 13.8. The van der Waals surface area contributed by atoms with Gasteiger partial charge in [0.25, 0.3) is 0 Å². The maximum Gasteiger partial charge on any atom is 0.416 e. The lowest BCUT2D eigenvalue weighted by Crippen LogP contribution is -2.17. The summed E-state index contributed by atoms with van der Waals surface area (Å²) < 4.78 is 38.6. The molecule has 0 saturated carbocycles. The third-order valence-electron chi connectivity index (χ3n) is 2.44. The molecule has 0 aliphatic rings. The number of alkyl halides is 3. The van der Waals surface area contributed by atoms with Crippen LogP contribution >= 0.6 is 15.9 Å². The molecule has 96 valence electrons. The van der Waals surface area contributed by atoms with E-state index in [1.54, 1.807) is 0 Å². The van der Waals surface area contributed by atoms with Crippen molar-refractivity contribution in [3.63, 3.8) is 0 Å². The SMILES string of the molecule is CCC[C@H](N)c1c(C(F)(F)F)ccc(Br)c1O. The Bertz CT molecular complexity index is 406. The summed E-state index contributed by atoms with van der Waals surface area (Å²) in [6.45, 7) is 1.82. The number of nitrogens with two attached hydrogens (primary N) is 1. The molecule has 0 saturated heterocycles. The van der Waals surface area contributed by atoms with Gasteiger partial charge in [-0.25, -0.2) is 0 Å². The van der Waals surface area contributed by atoms with Crippen LogP contribution < -0.4 is 5.73 Å². The predicted octanol–water partition coefficient (Wildman–Crippen LogP) is 3.97. The highest BCUT2D eigenvalue weighted by Crippen LogP contribution is 2.42. The molecule has 17 heavy (non-hydrogen) atoms. The van der Waals surface area contributed by atoms with Crippen molar-refractivity contribution in [1.29, 1.82) is 0 Å². The van der Waals surface area contributed by atoms with Gasteiger partial charge in [0.05, 0.1) is 10.0 Å². The van der Waals surface area contributed by atoms with Gasteiger partial charge in [0.15, 0.2) is 0 Å². The molecule has 1 rings (SSSR count). The molecule has 0 aromatic heterocycles. The van der Waals surface area contributed by atoms with E-state index in [2.05, 4.69) is 15.9 Å². The first-order valence-electron chi connectivity index (χ1n) is 5.13. The predicted molar refractivity (Wildman–Crippen MR) is 62.6 cm³/mol. The second-order valence-electron chi connectivity index (χ2n) is 3.75. The summed E-state index contributed by atoms with van der Waals surface area (Å²) in [6.07, 6.45) is -3.49. The van der Waals surface area contributed by atoms with Crippen molar-refractivity contribution in [2.24, 2.45) is 5.73 Å². The van der Waals surface area contributed by atoms with E-state index in [4.69, 9.17) is 5.73 Å². The number of phenols is 1. The summed E-state index contributed by atoms with van der Waals surface area (Å²) in [5.41, 5.74) is 4.57. The largest absolute Gasteiger partial charge is 0.506 e. The Morgan fingerprint density at radius 1 is 1.41 bits per heavy atom. The topological polar surface area (TPSA) is 46.2 Å². The Labute approximate surface area is 106 Å². The van der Waals surface area contributed by atoms with E-state index < -0.39 is 23.5 Å². The molecule has 1 aromatic rings. The Kier molecular flexibility index (Phi) is 4.43. The molecule has 0 bridgehead atoms. The zero-order chi connectivity index (χ0) is 13.2. The molecule has 0 heterocycles. The van der Waals surface area contributed by atoms with Crippen LogP contribution in [0, 0.1) is 0 Å². The highest BCUT2D eigenvalue weighted by Gasteiger charge is 2.36. The van der Waals surface area contributed by atoms with Gasteiger partial charge in [0, 0.05) is 11.6 Å². The van der Waals surface area contributed by atoms with Crippen LogP contribution in [0.3, 0.4) is 0 Å². The first-order chi connectivity index (χ1) is 7.79. The molecule has 0 aliphatic carbocycles. The lowest BCUT2D eigenvalue weighted by molar-refractivity contribution is -0.138. The highest BCUT2D eigenvalue weighted by atomic mass is 79.9. The summed E-state index contributed by atoms with van der Waals surface area (Å²) in [7, 11) is 0. The third kappa shape index (κ3) is 3.13. The Morgan fingerprint density at radius 3 is 2.47 bits per heavy atom. The van der Waals surface area contributed by atoms with Crippen LogP contribution in [0.5, 0.6) is 5.75 Å². The molecule has 2 nitrogen and oxygen atoms in total. The fraction of sp³-hybridized carbons (Fsp3) is 0.455. The average molecular weight is 312 g/mol. The lowest BCUT2D eigenvalue weighted by atomic mass is 9.96. The van der Waals surface area contributed by atoms with Crippen LogP contribution in [0.2, 0.25) is 0 Å². The van der Waals surface area contributed by atoms with Crippen molar-refractivity contribution in [3.05, 3.63) is 27.7 Å². The highest BCUT2D eigenvalue weighted by molar-refractivity contribution is 9.10. The minimum atomic E-state index is -4.52. The first kappa shape index (κ1) is 14.3. The minimum absolute atomic E-state index is 0.215. The quantitative estimate of drug-likeness (QED) is 0.887. The van der Waals surface area contributed by atoms with E-state index in [1.165, 1.54) is 6.07 Å². The van der Waals surface area contributed by atoms with E-state index >= 15 is 0 Å². The van der Waals surface area contributed by atoms with Crippen LogP contribution in [0.15, 0.2) is 16.6 Å². The van der Waals surface area contributed by atoms with Gasteiger partial charge in [-0.15, -0.1) is 0 Å². The van der Waals surface area contributed by atoms with Crippen LogP contribution in [-0.4, -0.2) is 5.11 Å². The Balaban J connectivity index is 3.36. The molecule has 6 heteroatoms. The molecular formula is C11H13BrF3NO. The number of rotatable bonds is 3. The van der Waals surface area contributed by atoms with Crippen molar-refractivity contribution in [2.45, 2.75) is 32.0 Å². The standard InChI is InChI=1S/C11H13BrF3NO/c1-2-3-8(16)9-6(11(13,14)15)4-5-7(12)10(9)17/h4-5,8,17H,2-3,16H2,1H3/t8-/m0/s1. The summed E-state index contributed by atoms with van der Waals surface area (Å²) >= 11 is 2.99. The van der Waals surface area contributed by atoms with Gasteiger partial charge in [-0.2, -0.15) is 13.2 Å². The fourth-order valence-electron chi connectivity index (χ4n) is 1.66. The molecule has 0 radical (unpaired) electrons. The monoisotopic (exact) mass is 311 g/mol. The van der Waals surface area contributed by atoms with Crippen LogP contribution in [0.25, 0.3) is 0 Å². The number of halogens is 4. The maximum absolute atomic E-state index is 12.8. The van der Waals surface area contributed by atoms with E-state index in [9.17, 15) is 18.3 Å². The molecule has 1 atom stereocenters. The molecule has 1 aromatic carbocycles. The molecule has 3 N–H and O–H groups in total. The van der Waals surface area contributed by atoms with E-state index in [0.29, 0.717) is 12.8 Å². The van der Waals surface area contributed by atoms with Crippen molar-refractivity contribution >= 4 is 15.9 Å². The number of phenolic OH excluding ortho intramolecular Hbond substituents is 1. The smallest absolute Gasteiger partial charge is 0.416 e.